The van der Waals surface area contributed by atoms with E-state index in [0.29, 0.717) is 33.4 Å². The van der Waals surface area contributed by atoms with Crippen molar-refractivity contribution in [2.75, 3.05) is 31.5 Å². The molecule has 0 aliphatic carbocycles. The van der Waals surface area contributed by atoms with E-state index in [1.54, 1.807) is 38.1 Å². The number of benzene rings is 3. The van der Waals surface area contributed by atoms with E-state index in [4.69, 9.17) is 23.2 Å². The van der Waals surface area contributed by atoms with Crippen LogP contribution in [0.5, 0.6) is 0 Å². The number of carbonyl (C=O) groups excluding carboxylic acids is 2. The Bertz CT molecular complexity index is 1480. The van der Waals surface area contributed by atoms with E-state index < -0.39 is 28.7 Å². The molecule has 0 aliphatic rings. The highest BCUT2D eigenvalue weighted by molar-refractivity contribution is 7.90. The minimum Gasteiger partial charge on any atom is -0.355 e. The van der Waals surface area contributed by atoms with Crippen molar-refractivity contribution in [3.8, 4) is 0 Å². The van der Waals surface area contributed by atoms with Crippen LogP contribution in [-0.2, 0) is 32.8 Å². The van der Waals surface area contributed by atoms with Crippen LogP contribution < -0.4 is 9.62 Å². The van der Waals surface area contributed by atoms with Crippen LogP contribution in [0.2, 0.25) is 10.0 Å². The maximum absolute atomic E-state index is 14.3. The van der Waals surface area contributed by atoms with Gasteiger partial charge in [-0.25, -0.2) is 4.31 Å². The number of amides is 2. The average Bonchev–Trinajstić information content (AvgIpc) is 2.93. The molecule has 0 aliphatic heterocycles. The second kappa shape index (κ2) is 14.2. The zero-order valence-electron chi connectivity index (χ0n) is 23.9. The Morgan fingerprint density at radius 2 is 1.59 bits per heavy atom. The lowest BCUT2D eigenvalue weighted by atomic mass is 10.0. The standard InChI is InChI=1S/C30H36Cl2N4O4S/c1-6-33-30(38)28(18-23-10-8-7-9-11-23)35(19-24-14-15-25(31)26(32)17-24)29(37)20-36(41(39,40)34(4)5)27-16-21(2)12-13-22(27)3/h7-17,28H,6,18-20H2,1-5H3,(H,33,38)/t28-/m0/s1. The van der Waals surface area contributed by atoms with Gasteiger partial charge >= 0.3 is 10.2 Å². The normalized spacial score (nSPS) is 12.2. The second-order valence-electron chi connectivity index (χ2n) is 9.96. The fourth-order valence-electron chi connectivity index (χ4n) is 4.37. The molecule has 0 heterocycles. The van der Waals surface area contributed by atoms with Crippen LogP contribution in [0.1, 0.15) is 29.2 Å². The van der Waals surface area contributed by atoms with Gasteiger partial charge in [0.2, 0.25) is 11.8 Å². The minimum atomic E-state index is -4.08. The molecule has 1 atom stereocenters. The molecular weight excluding hydrogens is 583 g/mol. The lowest BCUT2D eigenvalue weighted by molar-refractivity contribution is -0.140. The predicted molar refractivity (Wildman–Crippen MR) is 165 cm³/mol. The zero-order chi connectivity index (χ0) is 30.3. The Hall–Kier alpha value is -3.11. The molecule has 2 amide bonds. The monoisotopic (exact) mass is 618 g/mol. The molecule has 41 heavy (non-hydrogen) atoms. The Labute approximate surface area is 253 Å². The highest BCUT2D eigenvalue weighted by Crippen LogP contribution is 2.27. The van der Waals surface area contributed by atoms with Gasteiger partial charge in [-0.1, -0.05) is 71.7 Å². The van der Waals surface area contributed by atoms with Crippen LogP contribution in [0, 0.1) is 13.8 Å². The first-order valence-electron chi connectivity index (χ1n) is 13.2. The number of anilines is 1. The number of halogens is 2. The van der Waals surface area contributed by atoms with Gasteiger partial charge < -0.3 is 10.2 Å². The fourth-order valence-corrected chi connectivity index (χ4v) is 5.80. The molecule has 0 fully saturated rings. The van der Waals surface area contributed by atoms with Crippen LogP contribution in [0.15, 0.2) is 66.7 Å². The number of carbonyl (C=O) groups is 2. The number of nitrogens with one attached hydrogen (secondary N) is 1. The predicted octanol–water partition coefficient (Wildman–Crippen LogP) is 5.00. The van der Waals surface area contributed by atoms with Crippen LogP contribution in [0.4, 0.5) is 5.69 Å². The van der Waals surface area contributed by atoms with Crippen molar-refractivity contribution in [2.24, 2.45) is 0 Å². The second-order valence-corrected chi connectivity index (χ2v) is 12.8. The summed E-state index contributed by atoms with van der Waals surface area (Å²) in [6.45, 7) is 5.30. The van der Waals surface area contributed by atoms with Gasteiger partial charge in [0.15, 0.2) is 0 Å². The highest BCUT2D eigenvalue weighted by Gasteiger charge is 2.35. The van der Waals surface area contributed by atoms with Gasteiger partial charge in [-0.2, -0.15) is 12.7 Å². The molecule has 1 N–H and O–H groups in total. The summed E-state index contributed by atoms with van der Waals surface area (Å²) in [7, 11) is -1.25. The molecule has 220 valence electrons. The molecular formula is C30H36Cl2N4O4S. The third-order valence-corrected chi connectivity index (χ3v) is 9.16. The first kappa shape index (κ1) is 32.4. The summed E-state index contributed by atoms with van der Waals surface area (Å²) < 4.78 is 29.3. The Kier molecular flexibility index (Phi) is 11.2. The number of rotatable bonds is 12. The molecule has 8 nitrogen and oxygen atoms in total. The molecule has 0 aromatic heterocycles. The van der Waals surface area contributed by atoms with Crippen LogP contribution in [0.3, 0.4) is 0 Å². The lowest BCUT2D eigenvalue weighted by Crippen LogP contribution is -2.54. The van der Waals surface area contributed by atoms with Gasteiger partial charge in [-0.05, 0) is 61.2 Å². The summed E-state index contributed by atoms with van der Waals surface area (Å²) in [4.78, 5) is 29.1. The lowest BCUT2D eigenvalue weighted by Gasteiger charge is -2.35. The maximum atomic E-state index is 14.3. The van der Waals surface area contributed by atoms with Gasteiger partial charge in [0, 0.05) is 33.6 Å². The number of aryl methyl sites for hydroxylation is 2. The van der Waals surface area contributed by atoms with E-state index in [0.717, 1.165) is 19.7 Å². The van der Waals surface area contributed by atoms with Gasteiger partial charge in [0.25, 0.3) is 0 Å². The van der Waals surface area contributed by atoms with Gasteiger partial charge in [-0.15, -0.1) is 0 Å². The summed E-state index contributed by atoms with van der Waals surface area (Å²) in [5, 5.41) is 3.50. The van der Waals surface area contributed by atoms with Crippen molar-refractivity contribution in [1.82, 2.24) is 14.5 Å². The Morgan fingerprint density at radius 3 is 2.20 bits per heavy atom. The van der Waals surface area contributed by atoms with E-state index in [2.05, 4.69) is 5.32 Å². The molecule has 0 saturated carbocycles. The van der Waals surface area contributed by atoms with Crippen molar-refractivity contribution in [1.29, 1.82) is 0 Å². The van der Waals surface area contributed by atoms with Crippen molar-refractivity contribution in [3.63, 3.8) is 0 Å². The van der Waals surface area contributed by atoms with Gasteiger partial charge in [-0.3, -0.25) is 9.59 Å². The quantitative estimate of drug-likeness (QED) is 0.309. The molecule has 3 rings (SSSR count). The molecule has 0 spiro atoms. The molecule has 3 aromatic carbocycles. The molecule has 0 bridgehead atoms. The average molecular weight is 620 g/mol. The zero-order valence-corrected chi connectivity index (χ0v) is 26.2. The van der Waals surface area contributed by atoms with Crippen molar-refractivity contribution >= 4 is 50.9 Å². The van der Waals surface area contributed by atoms with Crippen LogP contribution >= 0.6 is 23.2 Å². The molecule has 0 radical (unpaired) electrons. The SMILES string of the molecule is CCNC(=O)[C@H](Cc1ccccc1)N(Cc1ccc(Cl)c(Cl)c1)C(=O)CN(c1cc(C)ccc1C)S(=O)(=O)N(C)C. The first-order valence-corrected chi connectivity index (χ1v) is 15.3. The molecule has 0 saturated heterocycles. The van der Waals surface area contributed by atoms with E-state index >= 15 is 0 Å². The topological polar surface area (TPSA) is 90.0 Å². The largest absolute Gasteiger partial charge is 0.355 e. The van der Waals surface area contributed by atoms with E-state index in [-0.39, 0.29) is 18.9 Å². The summed E-state index contributed by atoms with van der Waals surface area (Å²) in [6, 6.07) is 18.8. The summed E-state index contributed by atoms with van der Waals surface area (Å²) in [5.74, 6) is -0.895. The summed E-state index contributed by atoms with van der Waals surface area (Å²) >= 11 is 12.4. The number of likely N-dealkylation sites (N-methyl/N-ethyl adjacent to an activating group) is 1. The fraction of sp³-hybridized carbons (Fsp3) is 0.333. The van der Waals surface area contributed by atoms with Gasteiger partial charge in [0.05, 0.1) is 15.7 Å². The summed E-state index contributed by atoms with van der Waals surface area (Å²) in [5.41, 5.74) is 3.41. The maximum Gasteiger partial charge on any atom is 0.304 e. The molecule has 11 heteroatoms. The Balaban J connectivity index is 2.13. The van der Waals surface area contributed by atoms with Crippen LogP contribution in [-0.4, -0.2) is 62.7 Å². The van der Waals surface area contributed by atoms with Crippen molar-refractivity contribution in [3.05, 3.63) is 99.0 Å². The number of hydrogen-bond acceptors (Lipinski definition) is 4. The highest BCUT2D eigenvalue weighted by atomic mass is 35.5. The van der Waals surface area contributed by atoms with E-state index in [1.807, 2.05) is 49.4 Å². The smallest absolute Gasteiger partial charge is 0.304 e. The van der Waals surface area contributed by atoms with Gasteiger partial charge in [0.1, 0.15) is 12.6 Å². The number of nitrogens with zero attached hydrogens (tertiary/aromatic N) is 3. The third-order valence-electron chi connectivity index (χ3n) is 6.61. The molecule has 3 aromatic rings. The van der Waals surface area contributed by atoms with Crippen LogP contribution in [0.25, 0.3) is 0 Å². The first-order chi connectivity index (χ1) is 19.3. The van der Waals surface area contributed by atoms with E-state index in [1.165, 1.54) is 19.0 Å². The van der Waals surface area contributed by atoms with Crippen molar-refractivity contribution < 1.29 is 18.0 Å². The minimum absolute atomic E-state index is 0.00695. The summed E-state index contributed by atoms with van der Waals surface area (Å²) in [6.07, 6.45) is 0.226. The van der Waals surface area contributed by atoms with Crippen molar-refractivity contribution in [2.45, 2.75) is 39.8 Å². The van der Waals surface area contributed by atoms with E-state index in [9.17, 15) is 18.0 Å². The molecule has 0 unspecified atom stereocenters. The third kappa shape index (κ3) is 8.23. The number of hydrogen-bond donors (Lipinski definition) is 1. The Morgan fingerprint density at radius 1 is 0.902 bits per heavy atom.